The van der Waals surface area contributed by atoms with Crippen LogP contribution in [0, 0.1) is 0 Å². The van der Waals surface area contributed by atoms with Crippen molar-refractivity contribution in [1.29, 1.82) is 0 Å². The van der Waals surface area contributed by atoms with Crippen LogP contribution in [0.1, 0.15) is 26.7 Å². The van der Waals surface area contributed by atoms with Gasteiger partial charge in [0, 0.05) is 0 Å². The summed E-state index contributed by atoms with van der Waals surface area (Å²) in [5.74, 6) is 0. The predicted molar refractivity (Wildman–Crippen MR) is 35.1 cm³/mol. The van der Waals surface area contributed by atoms with Gasteiger partial charge in [-0.15, -0.1) is 0 Å². The van der Waals surface area contributed by atoms with Crippen LogP contribution in [0.2, 0.25) is 0 Å². The third-order valence-corrected chi connectivity index (χ3v) is 0.706. The minimum absolute atomic E-state index is 0. The van der Waals surface area contributed by atoms with Crippen molar-refractivity contribution in [2.75, 3.05) is 0 Å². The fourth-order valence-corrected chi connectivity index (χ4v) is 0.418. The molecule has 42 valence electrons. The number of aliphatic hydroxyl groups is 1. The molecule has 0 heterocycles. The average molecular weight is 130 g/mol. The van der Waals surface area contributed by atoms with Crippen LogP contribution in [0.15, 0.2) is 0 Å². The minimum atomic E-state index is -0.102. The Hall–Kier alpha value is 1.22. The Balaban J connectivity index is 0. The average Bonchev–Trinajstić information content (AvgIpc) is 1.35. The van der Waals surface area contributed by atoms with Crippen LogP contribution in [-0.2, 0) is 0 Å². The molecule has 0 aromatic rings. The fourth-order valence-electron chi connectivity index (χ4n) is 0.418. The standard InChI is InChI=1S/C5H12O.Ca.2H/c1-3-4-5(2)6;;;/h5-6H,3-4H2,1-2H3;;;. The molecule has 0 saturated carbocycles. The summed E-state index contributed by atoms with van der Waals surface area (Å²) in [5, 5.41) is 8.55. The number of aliphatic hydroxyl groups excluding tert-OH is 1. The van der Waals surface area contributed by atoms with Crippen LogP contribution in [0.3, 0.4) is 0 Å². The van der Waals surface area contributed by atoms with Gasteiger partial charge in [-0.05, 0) is 13.3 Å². The second kappa shape index (κ2) is 7.22. The Morgan fingerprint density at radius 2 is 2.00 bits per heavy atom. The number of rotatable bonds is 2. The van der Waals surface area contributed by atoms with Crippen molar-refractivity contribution in [3.63, 3.8) is 0 Å². The fraction of sp³-hybridized carbons (Fsp3) is 1.00. The van der Waals surface area contributed by atoms with Gasteiger partial charge in [0.2, 0.25) is 0 Å². The molecule has 0 amide bonds. The summed E-state index contributed by atoms with van der Waals surface area (Å²) in [6.07, 6.45) is 1.91. The summed E-state index contributed by atoms with van der Waals surface area (Å²) >= 11 is 0. The zero-order valence-electron chi connectivity index (χ0n) is 4.44. The first-order chi connectivity index (χ1) is 2.77. The van der Waals surface area contributed by atoms with Crippen LogP contribution in [0.4, 0.5) is 0 Å². The molecule has 1 atom stereocenters. The van der Waals surface area contributed by atoms with E-state index in [0.29, 0.717) is 0 Å². The molecule has 1 unspecified atom stereocenters. The topological polar surface area (TPSA) is 20.2 Å². The maximum atomic E-state index is 8.55. The zero-order valence-corrected chi connectivity index (χ0v) is 4.44. The first kappa shape index (κ1) is 11.1. The van der Waals surface area contributed by atoms with Crippen LogP contribution >= 0.6 is 0 Å². The molecule has 0 aliphatic rings. The predicted octanol–water partition coefficient (Wildman–Crippen LogP) is 0.251. The van der Waals surface area contributed by atoms with E-state index in [2.05, 4.69) is 6.92 Å². The molecule has 0 bridgehead atoms. The summed E-state index contributed by atoms with van der Waals surface area (Å²) < 4.78 is 0. The molecule has 0 rings (SSSR count). The molecule has 0 fully saturated rings. The van der Waals surface area contributed by atoms with Crippen molar-refractivity contribution in [2.24, 2.45) is 0 Å². The summed E-state index contributed by atoms with van der Waals surface area (Å²) in [7, 11) is 0. The Morgan fingerprint density at radius 1 is 1.57 bits per heavy atom. The Bertz CT molecular complexity index is 29.3. The first-order valence-corrected chi connectivity index (χ1v) is 2.45. The summed E-state index contributed by atoms with van der Waals surface area (Å²) in [5.41, 5.74) is 0. The normalized spacial score (nSPS) is 12.4. The Labute approximate surface area is 75.1 Å². The van der Waals surface area contributed by atoms with E-state index in [9.17, 15) is 0 Å². The van der Waals surface area contributed by atoms with E-state index in [4.69, 9.17) is 5.11 Å². The van der Waals surface area contributed by atoms with Crippen molar-refractivity contribution in [2.45, 2.75) is 32.8 Å². The van der Waals surface area contributed by atoms with Crippen LogP contribution < -0.4 is 0 Å². The van der Waals surface area contributed by atoms with Crippen molar-refractivity contribution in [3.8, 4) is 0 Å². The molecule has 0 saturated heterocycles. The van der Waals surface area contributed by atoms with Crippen molar-refractivity contribution < 1.29 is 5.11 Å². The van der Waals surface area contributed by atoms with E-state index >= 15 is 0 Å². The molecular weight excluding hydrogens is 116 g/mol. The molecular formula is C5H14CaO. The summed E-state index contributed by atoms with van der Waals surface area (Å²) in [6, 6.07) is 0. The summed E-state index contributed by atoms with van der Waals surface area (Å²) in [4.78, 5) is 0. The first-order valence-electron chi connectivity index (χ1n) is 2.45. The second-order valence-corrected chi connectivity index (χ2v) is 1.64. The molecule has 0 aromatic heterocycles. The molecule has 0 aliphatic carbocycles. The monoisotopic (exact) mass is 130 g/mol. The van der Waals surface area contributed by atoms with Gasteiger partial charge in [0.15, 0.2) is 0 Å². The van der Waals surface area contributed by atoms with E-state index < -0.39 is 0 Å². The van der Waals surface area contributed by atoms with E-state index in [1.807, 2.05) is 6.92 Å². The number of hydrogen-bond donors (Lipinski definition) is 1. The van der Waals surface area contributed by atoms with Crippen LogP contribution in [0.5, 0.6) is 0 Å². The van der Waals surface area contributed by atoms with Gasteiger partial charge < -0.3 is 5.11 Å². The van der Waals surface area contributed by atoms with Gasteiger partial charge in [0.1, 0.15) is 0 Å². The van der Waals surface area contributed by atoms with Crippen molar-refractivity contribution in [1.82, 2.24) is 0 Å². The van der Waals surface area contributed by atoms with E-state index in [1.165, 1.54) is 0 Å². The van der Waals surface area contributed by atoms with E-state index in [1.54, 1.807) is 0 Å². The van der Waals surface area contributed by atoms with E-state index in [-0.39, 0.29) is 43.8 Å². The van der Waals surface area contributed by atoms with Crippen LogP contribution in [-0.4, -0.2) is 48.9 Å². The molecule has 7 heavy (non-hydrogen) atoms. The molecule has 0 aliphatic heterocycles. The maximum absolute atomic E-state index is 8.55. The van der Waals surface area contributed by atoms with Gasteiger partial charge in [-0.1, -0.05) is 13.3 Å². The van der Waals surface area contributed by atoms with E-state index in [0.717, 1.165) is 12.8 Å². The molecule has 1 N–H and O–H groups in total. The number of hydrogen-bond acceptors (Lipinski definition) is 1. The SMILES string of the molecule is CCCC(C)O.[CaH2]. The molecule has 0 radical (unpaired) electrons. The van der Waals surface area contributed by atoms with Gasteiger partial charge >= 0.3 is 37.7 Å². The Morgan fingerprint density at radius 3 is 2.00 bits per heavy atom. The van der Waals surface area contributed by atoms with Crippen molar-refractivity contribution in [3.05, 3.63) is 0 Å². The second-order valence-electron chi connectivity index (χ2n) is 1.64. The molecule has 0 spiro atoms. The Kier molecular flexibility index (Phi) is 11.4. The van der Waals surface area contributed by atoms with Gasteiger partial charge in [-0.25, -0.2) is 0 Å². The van der Waals surface area contributed by atoms with Gasteiger partial charge in [-0.3, -0.25) is 0 Å². The van der Waals surface area contributed by atoms with Crippen molar-refractivity contribution >= 4 is 37.7 Å². The third-order valence-electron chi connectivity index (χ3n) is 0.706. The summed E-state index contributed by atoms with van der Waals surface area (Å²) in [6.45, 7) is 3.87. The zero-order chi connectivity index (χ0) is 4.99. The molecule has 0 aromatic carbocycles. The van der Waals surface area contributed by atoms with Crippen LogP contribution in [0.25, 0.3) is 0 Å². The van der Waals surface area contributed by atoms with Gasteiger partial charge in [0.05, 0.1) is 6.10 Å². The molecule has 1 nitrogen and oxygen atoms in total. The van der Waals surface area contributed by atoms with Gasteiger partial charge in [-0.2, -0.15) is 0 Å². The quantitative estimate of drug-likeness (QED) is 0.531. The molecule has 2 heteroatoms. The van der Waals surface area contributed by atoms with Gasteiger partial charge in [0.25, 0.3) is 0 Å². The third kappa shape index (κ3) is 11.0.